The number of rotatable bonds is 6. The van der Waals surface area contributed by atoms with Gasteiger partial charge in [0.2, 0.25) is 11.6 Å². The highest BCUT2D eigenvalue weighted by molar-refractivity contribution is 6.07. The van der Waals surface area contributed by atoms with Crippen molar-refractivity contribution in [3.63, 3.8) is 0 Å². The van der Waals surface area contributed by atoms with Crippen molar-refractivity contribution in [1.29, 1.82) is 0 Å². The summed E-state index contributed by atoms with van der Waals surface area (Å²) in [6.45, 7) is 1.18. The third kappa shape index (κ3) is 4.27. The van der Waals surface area contributed by atoms with Crippen molar-refractivity contribution in [2.45, 2.75) is 38.3 Å². The third-order valence-electron chi connectivity index (χ3n) is 7.10. The molecule has 3 aliphatic rings. The Kier molecular flexibility index (Phi) is 6.59. The molecule has 0 radical (unpaired) electrons. The number of carbonyl (C=O) groups is 3. The smallest absolute Gasteiger partial charge is 0.279 e. The molecule has 0 spiro atoms. The number of aliphatic hydroxyl groups is 1. The van der Waals surface area contributed by atoms with E-state index in [1.165, 1.54) is 18.2 Å². The van der Waals surface area contributed by atoms with Crippen molar-refractivity contribution in [2.75, 3.05) is 26.3 Å². The van der Waals surface area contributed by atoms with E-state index in [1.807, 2.05) is 10.2 Å². The van der Waals surface area contributed by atoms with Crippen LogP contribution in [0.5, 0.6) is 23.0 Å². The number of piperidine rings is 1. The van der Waals surface area contributed by atoms with Gasteiger partial charge < -0.3 is 29.9 Å². The maximum atomic E-state index is 14.9. The van der Waals surface area contributed by atoms with Crippen molar-refractivity contribution in [2.24, 2.45) is 0 Å². The summed E-state index contributed by atoms with van der Waals surface area (Å²) < 4.78 is 25.9. The first kappa shape index (κ1) is 25.7. The second-order valence-electron chi connectivity index (χ2n) is 9.36. The summed E-state index contributed by atoms with van der Waals surface area (Å²) in [5.41, 5.74) is -2.24. The van der Waals surface area contributed by atoms with E-state index in [-0.39, 0.29) is 42.8 Å². The maximum absolute atomic E-state index is 14.9. The largest absolute Gasteiger partial charge is 0.507 e. The predicted octanol–water partition coefficient (Wildman–Crippen LogP) is 0.435. The Balaban J connectivity index is 1.40. The minimum atomic E-state index is -2.23. The molecular formula is C25H26FN3O9. The molecule has 38 heavy (non-hydrogen) atoms. The fourth-order valence-corrected chi connectivity index (χ4v) is 4.89. The van der Waals surface area contributed by atoms with Gasteiger partial charge in [-0.15, -0.1) is 0 Å². The Hall–Kier alpha value is -3.94. The third-order valence-corrected chi connectivity index (χ3v) is 7.10. The van der Waals surface area contributed by atoms with Crippen LogP contribution in [0.3, 0.4) is 0 Å². The molecule has 2 saturated heterocycles. The van der Waals surface area contributed by atoms with E-state index in [0.717, 1.165) is 4.90 Å². The SMILES string of the molecule is O=C1CCC(O)(N2Cc3c(OCc4c(O)c(CN5CCOCC5)c(O)c(O)c4F)cccc3C2=O)C(=O)N1. The van der Waals surface area contributed by atoms with Gasteiger partial charge in [0, 0.05) is 43.6 Å². The van der Waals surface area contributed by atoms with Crippen LogP contribution in [-0.4, -0.2) is 80.0 Å². The van der Waals surface area contributed by atoms with Gasteiger partial charge in [0.1, 0.15) is 18.1 Å². The number of phenols is 3. The number of fused-ring (bicyclic) bond motifs is 1. The number of phenolic OH excluding ortho intramolecular Hbond substituents is 3. The average Bonchev–Trinajstić information content (AvgIpc) is 3.26. The second kappa shape index (κ2) is 9.74. The van der Waals surface area contributed by atoms with E-state index in [9.17, 15) is 39.2 Å². The molecule has 1 unspecified atom stereocenters. The van der Waals surface area contributed by atoms with Crippen LogP contribution < -0.4 is 10.1 Å². The summed E-state index contributed by atoms with van der Waals surface area (Å²) >= 11 is 0. The Morgan fingerprint density at radius 3 is 2.50 bits per heavy atom. The lowest BCUT2D eigenvalue weighted by Crippen LogP contribution is -2.63. The van der Waals surface area contributed by atoms with Gasteiger partial charge in [-0.3, -0.25) is 29.5 Å². The van der Waals surface area contributed by atoms with Crippen LogP contribution in [0.4, 0.5) is 4.39 Å². The first-order chi connectivity index (χ1) is 18.1. The second-order valence-corrected chi connectivity index (χ2v) is 9.36. The summed E-state index contributed by atoms with van der Waals surface area (Å²) in [6, 6.07) is 4.47. The molecule has 13 heteroatoms. The monoisotopic (exact) mass is 531 g/mol. The van der Waals surface area contributed by atoms with Gasteiger partial charge in [-0.05, 0) is 12.1 Å². The van der Waals surface area contributed by atoms with Crippen LogP contribution in [0, 0.1) is 5.82 Å². The van der Waals surface area contributed by atoms with Crippen LogP contribution in [0.2, 0.25) is 0 Å². The Labute approximate surface area is 215 Å². The fraction of sp³-hybridized carbons (Fsp3) is 0.400. The first-order valence-corrected chi connectivity index (χ1v) is 12.0. The van der Waals surface area contributed by atoms with Crippen LogP contribution >= 0.6 is 0 Å². The Bertz CT molecular complexity index is 1330. The summed E-state index contributed by atoms with van der Waals surface area (Å²) in [6.07, 6.45) is -0.424. The number of hydrogen-bond donors (Lipinski definition) is 5. The molecule has 1 atom stereocenters. The van der Waals surface area contributed by atoms with Crippen LogP contribution in [0.15, 0.2) is 18.2 Å². The van der Waals surface area contributed by atoms with E-state index in [1.54, 1.807) is 0 Å². The highest BCUT2D eigenvalue weighted by Crippen LogP contribution is 2.43. The van der Waals surface area contributed by atoms with Crippen molar-refractivity contribution in [3.05, 3.63) is 46.3 Å². The minimum absolute atomic E-state index is 0.0369. The zero-order chi connectivity index (χ0) is 27.2. The molecule has 202 valence electrons. The molecule has 0 aromatic heterocycles. The summed E-state index contributed by atoms with van der Waals surface area (Å²) in [5, 5.41) is 44.3. The Morgan fingerprint density at radius 2 is 1.79 bits per heavy atom. The number of hydrogen-bond acceptors (Lipinski definition) is 10. The molecule has 2 aromatic rings. The van der Waals surface area contributed by atoms with E-state index in [2.05, 4.69) is 0 Å². The number of carbonyl (C=O) groups excluding carboxylic acids is 3. The molecule has 3 aliphatic heterocycles. The van der Waals surface area contributed by atoms with Crippen molar-refractivity contribution < 1.29 is 48.7 Å². The van der Waals surface area contributed by atoms with Crippen molar-refractivity contribution in [1.82, 2.24) is 15.1 Å². The van der Waals surface area contributed by atoms with Gasteiger partial charge in [-0.1, -0.05) is 6.07 Å². The number of benzene rings is 2. The van der Waals surface area contributed by atoms with Gasteiger partial charge in [-0.2, -0.15) is 0 Å². The van der Waals surface area contributed by atoms with Crippen LogP contribution in [0.25, 0.3) is 0 Å². The van der Waals surface area contributed by atoms with Gasteiger partial charge in [-0.25, -0.2) is 4.39 Å². The average molecular weight is 531 g/mol. The number of nitrogens with one attached hydrogen (secondary N) is 1. The molecule has 2 aromatic carbocycles. The highest BCUT2D eigenvalue weighted by atomic mass is 19.1. The minimum Gasteiger partial charge on any atom is -0.507 e. The number of nitrogens with zero attached hydrogens (tertiary/aromatic N) is 2. The highest BCUT2D eigenvalue weighted by Gasteiger charge is 2.51. The lowest BCUT2D eigenvalue weighted by molar-refractivity contribution is -0.168. The molecule has 3 amide bonds. The molecule has 3 heterocycles. The number of aromatic hydroxyl groups is 3. The topological polar surface area (TPSA) is 169 Å². The number of amides is 3. The normalized spacial score (nSPS) is 21.9. The van der Waals surface area contributed by atoms with E-state index >= 15 is 0 Å². The van der Waals surface area contributed by atoms with Gasteiger partial charge in [0.25, 0.3) is 11.8 Å². The molecule has 0 bridgehead atoms. The number of halogens is 1. The molecule has 5 rings (SSSR count). The summed E-state index contributed by atoms with van der Waals surface area (Å²) in [5.74, 6) is -5.71. The number of ether oxygens (including phenoxy) is 2. The maximum Gasteiger partial charge on any atom is 0.279 e. The zero-order valence-electron chi connectivity index (χ0n) is 20.2. The number of imide groups is 1. The standard InChI is InChI=1S/C25H26FN3O9/c26-19-16(20(31)15(21(32)22(19)33)10-28-6-8-37-9-7-28)12-38-17-3-1-2-13-14(17)11-29(23(13)34)25(36)5-4-18(30)27-24(25)35/h1-3,31-33,36H,4-12H2,(H,27,30,35). The molecule has 2 fully saturated rings. The lowest BCUT2D eigenvalue weighted by atomic mass is 10.00. The summed E-state index contributed by atoms with van der Waals surface area (Å²) in [7, 11) is 0. The zero-order valence-corrected chi connectivity index (χ0v) is 20.2. The van der Waals surface area contributed by atoms with Crippen molar-refractivity contribution in [3.8, 4) is 23.0 Å². The van der Waals surface area contributed by atoms with E-state index in [4.69, 9.17) is 9.47 Å². The molecule has 12 nitrogen and oxygen atoms in total. The van der Waals surface area contributed by atoms with Crippen LogP contribution in [-0.2, 0) is 34.0 Å². The molecule has 0 aliphatic carbocycles. The molecule has 0 saturated carbocycles. The van der Waals surface area contributed by atoms with Crippen molar-refractivity contribution >= 4 is 17.7 Å². The number of morpholine rings is 1. The van der Waals surface area contributed by atoms with Gasteiger partial charge >= 0.3 is 0 Å². The first-order valence-electron chi connectivity index (χ1n) is 12.0. The lowest BCUT2D eigenvalue weighted by Gasteiger charge is -2.37. The van der Waals surface area contributed by atoms with Gasteiger partial charge in [0.05, 0.1) is 30.9 Å². The summed E-state index contributed by atoms with van der Waals surface area (Å²) in [4.78, 5) is 39.8. The fourth-order valence-electron chi connectivity index (χ4n) is 4.89. The van der Waals surface area contributed by atoms with Gasteiger partial charge in [0.15, 0.2) is 17.3 Å². The van der Waals surface area contributed by atoms with E-state index < -0.39 is 58.7 Å². The Morgan fingerprint density at radius 1 is 1.05 bits per heavy atom. The van der Waals surface area contributed by atoms with E-state index in [0.29, 0.717) is 31.9 Å². The van der Waals surface area contributed by atoms with Crippen LogP contribution in [0.1, 0.15) is 39.9 Å². The molecular weight excluding hydrogens is 505 g/mol. The molecule has 5 N–H and O–H groups in total. The quantitative estimate of drug-likeness (QED) is 0.200. The predicted molar refractivity (Wildman–Crippen MR) is 125 cm³/mol.